The molecule has 16 heavy (non-hydrogen) atoms. The summed E-state index contributed by atoms with van der Waals surface area (Å²) in [4.78, 5) is 5.14. The van der Waals surface area contributed by atoms with Crippen molar-refractivity contribution in [3.8, 4) is 0 Å². The predicted octanol–water partition coefficient (Wildman–Crippen LogP) is 3.04. The molecule has 2 aromatic rings. The second-order valence-corrected chi connectivity index (χ2v) is 4.96. The van der Waals surface area contributed by atoms with Gasteiger partial charge < -0.3 is 5.11 Å². The molecule has 0 saturated carbocycles. The van der Waals surface area contributed by atoms with Gasteiger partial charge >= 0.3 is 0 Å². The first-order chi connectivity index (χ1) is 7.68. The highest BCUT2D eigenvalue weighted by Crippen LogP contribution is 2.25. The van der Waals surface area contributed by atoms with E-state index in [9.17, 15) is 5.11 Å². The summed E-state index contributed by atoms with van der Waals surface area (Å²) >= 11 is 1.59. The molecule has 0 radical (unpaired) electrons. The van der Waals surface area contributed by atoms with Crippen molar-refractivity contribution in [2.75, 3.05) is 0 Å². The Kier molecular flexibility index (Phi) is 3.36. The summed E-state index contributed by atoms with van der Waals surface area (Å²) in [5.74, 6) is 0. The lowest BCUT2D eigenvalue weighted by molar-refractivity contribution is 0.178. The maximum Gasteiger partial charge on any atom is 0.0843 e. The molecule has 0 spiro atoms. The minimum Gasteiger partial charge on any atom is -0.388 e. The van der Waals surface area contributed by atoms with Crippen LogP contribution < -0.4 is 0 Å². The molecule has 2 rings (SSSR count). The molecule has 0 bridgehead atoms. The molecule has 0 aliphatic heterocycles. The van der Waals surface area contributed by atoms with Crippen molar-refractivity contribution in [3.05, 3.63) is 51.5 Å². The van der Waals surface area contributed by atoms with Crippen molar-refractivity contribution < 1.29 is 5.11 Å². The highest BCUT2D eigenvalue weighted by molar-refractivity contribution is 7.09. The largest absolute Gasteiger partial charge is 0.388 e. The van der Waals surface area contributed by atoms with Crippen molar-refractivity contribution in [2.24, 2.45) is 0 Å². The summed E-state index contributed by atoms with van der Waals surface area (Å²) in [7, 11) is 0. The third kappa shape index (κ3) is 2.31. The van der Waals surface area contributed by atoms with Gasteiger partial charge in [0.1, 0.15) is 0 Å². The van der Waals surface area contributed by atoms with Crippen LogP contribution in [0.2, 0.25) is 0 Å². The molecular weight excluding hydrogens is 218 g/mol. The van der Waals surface area contributed by atoms with Crippen molar-refractivity contribution in [1.82, 2.24) is 4.98 Å². The molecular formula is C13H15NOS. The number of hydrogen-bond acceptors (Lipinski definition) is 3. The second-order valence-electron chi connectivity index (χ2n) is 3.99. The Morgan fingerprint density at radius 1 is 1.31 bits per heavy atom. The Hall–Kier alpha value is -1.19. The van der Waals surface area contributed by atoms with E-state index in [1.54, 1.807) is 16.8 Å². The molecule has 0 aliphatic rings. The van der Waals surface area contributed by atoms with Crippen molar-refractivity contribution in [3.63, 3.8) is 0 Å². The van der Waals surface area contributed by atoms with E-state index in [0.717, 1.165) is 21.6 Å². The highest BCUT2D eigenvalue weighted by Gasteiger charge is 2.14. The van der Waals surface area contributed by atoms with Crippen LogP contribution in [0.1, 0.15) is 27.7 Å². The minimum absolute atomic E-state index is 0.429. The zero-order valence-electron chi connectivity index (χ0n) is 9.47. The SMILES string of the molecule is Cc1cccc(C)c1C(O)Cc1cncs1. The van der Waals surface area contributed by atoms with Crippen molar-refractivity contribution in [2.45, 2.75) is 26.4 Å². The number of rotatable bonds is 3. The lowest BCUT2D eigenvalue weighted by Crippen LogP contribution is -2.05. The molecule has 0 saturated heterocycles. The summed E-state index contributed by atoms with van der Waals surface area (Å²) in [5.41, 5.74) is 5.15. The van der Waals surface area contributed by atoms with Gasteiger partial charge in [-0.3, -0.25) is 4.98 Å². The van der Waals surface area contributed by atoms with Crippen LogP contribution in [0.4, 0.5) is 0 Å². The molecule has 1 heterocycles. The molecule has 1 aromatic carbocycles. The Morgan fingerprint density at radius 2 is 2.00 bits per heavy atom. The standard InChI is InChI=1S/C13H15NOS/c1-9-4-3-5-10(2)13(9)12(15)6-11-7-14-8-16-11/h3-5,7-8,12,15H,6H2,1-2H3. The van der Waals surface area contributed by atoms with Gasteiger partial charge in [-0.05, 0) is 30.5 Å². The van der Waals surface area contributed by atoms with Crippen LogP contribution >= 0.6 is 11.3 Å². The third-order valence-corrected chi connectivity index (χ3v) is 3.56. The van der Waals surface area contributed by atoms with E-state index in [-0.39, 0.29) is 0 Å². The smallest absolute Gasteiger partial charge is 0.0843 e. The molecule has 1 atom stereocenters. The van der Waals surface area contributed by atoms with E-state index in [0.29, 0.717) is 6.42 Å². The van der Waals surface area contributed by atoms with Gasteiger partial charge in [-0.25, -0.2) is 0 Å². The second kappa shape index (κ2) is 4.76. The quantitative estimate of drug-likeness (QED) is 0.884. The van der Waals surface area contributed by atoms with Crippen LogP contribution in [0.25, 0.3) is 0 Å². The number of aliphatic hydroxyl groups excluding tert-OH is 1. The van der Waals surface area contributed by atoms with Crippen LogP contribution in [0, 0.1) is 13.8 Å². The van der Waals surface area contributed by atoms with Gasteiger partial charge in [0.2, 0.25) is 0 Å². The number of aromatic nitrogens is 1. The summed E-state index contributed by atoms with van der Waals surface area (Å²) < 4.78 is 0. The summed E-state index contributed by atoms with van der Waals surface area (Å²) in [5, 5.41) is 10.2. The molecule has 0 amide bonds. The van der Waals surface area contributed by atoms with E-state index in [4.69, 9.17) is 0 Å². The number of aryl methyl sites for hydroxylation is 2. The van der Waals surface area contributed by atoms with Gasteiger partial charge in [0, 0.05) is 17.5 Å². The maximum absolute atomic E-state index is 10.2. The maximum atomic E-state index is 10.2. The number of benzene rings is 1. The summed E-state index contributed by atoms with van der Waals surface area (Å²) in [6.07, 6.45) is 2.04. The number of aliphatic hydroxyl groups is 1. The van der Waals surface area contributed by atoms with Gasteiger partial charge in [-0.1, -0.05) is 18.2 Å². The molecule has 1 aromatic heterocycles. The lowest BCUT2D eigenvalue weighted by Gasteiger charge is -2.15. The van der Waals surface area contributed by atoms with Gasteiger partial charge in [-0.2, -0.15) is 0 Å². The molecule has 0 aliphatic carbocycles. The van der Waals surface area contributed by atoms with Crippen LogP contribution in [-0.2, 0) is 6.42 Å². The molecule has 0 fully saturated rings. The van der Waals surface area contributed by atoms with Crippen molar-refractivity contribution >= 4 is 11.3 Å². The van der Waals surface area contributed by atoms with Crippen LogP contribution in [0.5, 0.6) is 0 Å². The third-order valence-electron chi connectivity index (χ3n) is 2.75. The first kappa shape index (κ1) is 11.3. The fourth-order valence-electron chi connectivity index (χ4n) is 1.99. The molecule has 84 valence electrons. The Bertz CT molecular complexity index is 445. The lowest BCUT2D eigenvalue weighted by atomic mass is 9.96. The highest BCUT2D eigenvalue weighted by atomic mass is 32.1. The van der Waals surface area contributed by atoms with E-state index in [2.05, 4.69) is 4.98 Å². The van der Waals surface area contributed by atoms with Gasteiger partial charge in [-0.15, -0.1) is 11.3 Å². The Balaban J connectivity index is 2.24. The average Bonchev–Trinajstić information content (AvgIpc) is 2.70. The molecule has 2 nitrogen and oxygen atoms in total. The molecule has 3 heteroatoms. The van der Waals surface area contributed by atoms with Crippen molar-refractivity contribution in [1.29, 1.82) is 0 Å². The zero-order valence-corrected chi connectivity index (χ0v) is 10.3. The van der Waals surface area contributed by atoms with Crippen LogP contribution in [0.3, 0.4) is 0 Å². The normalized spacial score (nSPS) is 12.7. The van der Waals surface area contributed by atoms with E-state index in [1.165, 1.54) is 0 Å². The van der Waals surface area contributed by atoms with Gasteiger partial charge in [0.05, 0.1) is 11.6 Å². The Morgan fingerprint density at radius 3 is 2.56 bits per heavy atom. The number of hydrogen-bond donors (Lipinski definition) is 1. The average molecular weight is 233 g/mol. The minimum atomic E-state index is -0.429. The summed E-state index contributed by atoms with van der Waals surface area (Å²) in [6, 6.07) is 6.10. The molecule has 1 N–H and O–H groups in total. The zero-order chi connectivity index (χ0) is 11.5. The topological polar surface area (TPSA) is 33.1 Å². The van der Waals surface area contributed by atoms with Crippen LogP contribution in [0.15, 0.2) is 29.9 Å². The van der Waals surface area contributed by atoms with Gasteiger partial charge in [0.15, 0.2) is 0 Å². The first-order valence-electron chi connectivity index (χ1n) is 5.30. The fourth-order valence-corrected chi connectivity index (χ4v) is 2.62. The van der Waals surface area contributed by atoms with Gasteiger partial charge in [0.25, 0.3) is 0 Å². The number of thiazole rings is 1. The monoisotopic (exact) mass is 233 g/mol. The van der Waals surface area contributed by atoms with E-state index < -0.39 is 6.10 Å². The summed E-state index contributed by atoms with van der Waals surface area (Å²) in [6.45, 7) is 4.08. The van der Waals surface area contributed by atoms with E-state index >= 15 is 0 Å². The number of nitrogens with zero attached hydrogens (tertiary/aromatic N) is 1. The van der Waals surface area contributed by atoms with Crippen LogP contribution in [-0.4, -0.2) is 10.1 Å². The first-order valence-corrected chi connectivity index (χ1v) is 6.18. The fraction of sp³-hybridized carbons (Fsp3) is 0.308. The van der Waals surface area contributed by atoms with E-state index in [1.807, 2.05) is 38.2 Å². The molecule has 1 unspecified atom stereocenters. The predicted molar refractivity (Wildman–Crippen MR) is 66.7 cm³/mol. The Labute approximate surface area is 99.6 Å².